The standard InChI is InChI=1S/C22H24N4O/c1-4-16-10-9-11-17(5-2)21(16)25-22(27)19-14-24-20(15-23-19)26(3)18-12-7-6-8-13-18/h6-15H,4-5H2,1-3H3,(H,25,27). The van der Waals surface area contributed by atoms with Crippen LogP contribution in [-0.4, -0.2) is 22.9 Å². The zero-order chi connectivity index (χ0) is 19.2. The Morgan fingerprint density at radius 2 is 1.59 bits per heavy atom. The van der Waals surface area contributed by atoms with E-state index in [2.05, 4.69) is 29.1 Å². The van der Waals surface area contributed by atoms with Crippen LogP contribution in [0.15, 0.2) is 60.9 Å². The third kappa shape index (κ3) is 4.14. The summed E-state index contributed by atoms with van der Waals surface area (Å²) in [7, 11) is 1.92. The molecule has 1 amide bonds. The lowest BCUT2D eigenvalue weighted by molar-refractivity contribution is 0.102. The first-order valence-corrected chi connectivity index (χ1v) is 9.17. The predicted octanol–water partition coefficient (Wildman–Crippen LogP) is 4.62. The van der Waals surface area contributed by atoms with Crippen LogP contribution in [0.5, 0.6) is 0 Å². The lowest BCUT2D eigenvalue weighted by Gasteiger charge is -2.18. The Hall–Kier alpha value is -3.21. The average Bonchev–Trinajstić information content (AvgIpc) is 2.74. The number of rotatable bonds is 6. The van der Waals surface area contributed by atoms with Crippen LogP contribution in [-0.2, 0) is 12.8 Å². The molecule has 3 aromatic rings. The molecule has 27 heavy (non-hydrogen) atoms. The fraction of sp³-hybridized carbons (Fsp3) is 0.227. The van der Waals surface area contributed by atoms with Crippen LogP contribution >= 0.6 is 0 Å². The lowest BCUT2D eigenvalue weighted by Crippen LogP contribution is -2.18. The van der Waals surface area contributed by atoms with Gasteiger partial charge >= 0.3 is 0 Å². The molecule has 0 aliphatic carbocycles. The molecule has 0 bridgehead atoms. The molecule has 1 heterocycles. The van der Waals surface area contributed by atoms with Gasteiger partial charge in [0.25, 0.3) is 5.91 Å². The quantitative estimate of drug-likeness (QED) is 0.697. The number of carbonyl (C=O) groups is 1. The largest absolute Gasteiger partial charge is 0.328 e. The second-order valence-electron chi connectivity index (χ2n) is 6.27. The number of hydrogen-bond acceptors (Lipinski definition) is 4. The number of para-hydroxylation sites is 2. The lowest BCUT2D eigenvalue weighted by atomic mass is 10.0. The normalized spacial score (nSPS) is 10.5. The molecule has 138 valence electrons. The van der Waals surface area contributed by atoms with E-state index in [9.17, 15) is 4.79 Å². The van der Waals surface area contributed by atoms with Crippen molar-refractivity contribution < 1.29 is 4.79 Å². The number of hydrogen-bond donors (Lipinski definition) is 1. The summed E-state index contributed by atoms with van der Waals surface area (Å²) in [6.07, 6.45) is 4.85. The van der Waals surface area contributed by atoms with Gasteiger partial charge in [0.2, 0.25) is 0 Å². The summed E-state index contributed by atoms with van der Waals surface area (Å²) < 4.78 is 0. The van der Waals surface area contributed by atoms with Gasteiger partial charge in [-0.25, -0.2) is 9.97 Å². The smallest absolute Gasteiger partial charge is 0.275 e. The Kier molecular flexibility index (Phi) is 5.81. The van der Waals surface area contributed by atoms with Gasteiger partial charge in [-0.05, 0) is 36.1 Å². The Morgan fingerprint density at radius 3 is 2.15 bits per heavy atom. The Balaban J connectivity index is 1.79. The fourth-order valence-electron chi connectivity index (χ4n) is 2.98. The van der Waals surface area contributed by atoms with E-state index in [0.29, 0.717) is 11.5 Å². The molecule has 1 N–H and O–H groups in total. The number of amides is 1. The highest BCUT2D eigenvalue weighted by molar-refractivity contribution is 6.03. The summed E-state index contributed by atoms with van der Waals surface area (Å²) in [5.74, 6) is 0.438. The first-order chi connectivity index (χ1) is 13.1. The molecule has 0 unspecified atom stereocenters. The van der Waals surface area contributed by atoms with Crippen LogP contribution in [0.2, 0.25) is 0 Å². The van der Waals surface area contributed by atoms with Crippen LogP contribution in [0.25, 0.3) is 0 Å². The minimum absolute atomic E-state index is 0.244. The van der Waals surface area contributed by atoms with Gasteiger partial charge in [-0.2, -0.15) is 0 Å². The second kappa shape index (κ2) is 8.45. The third-order valence-electron chi connectivity index (χ3n) is 4.60. The van der Waals surface area contributed by atoms with E-state index < -0.39 is 0 Å². The minimum atomic E-state index is -0.244. The van der Waals surface area contributed by atoms with Crippen molar-refractivity contribution in [2.45, 2.75) is 26.7 Å². The summed E-state index contributed by atoms with van der Waals surface area (Å²) in [4.78, 5) is 23.3. The summed E-state index contributed by atoms with van der Waals surface area (Å²) in [5.41, 5.74) is 4.44. The third-order valence-corrected chi connectivity index (χ3v) is 4.60. The average molecular weight is 360 g/mol. The highest BCUT2D eigenvalue weighted by Crippen LogP contribution is 2.24. The number of aromatic nitrogens is 2. The van der Waals surface area contributed by atoms with Crippen LogP contribution in [0, 0.1) is 0 Å². The molecule has 2 aromatic carbocycles. The predicted molar refractivity (Wildman–Crippen MR) is 110 cm³/mol. The maximum absolute atomic E-state index is 12.7. The zero-order valence-electron chi connectivity index (χ0n) is 15.9. The first kappa shape index (κ1) is 18.6. The molecule has 1 aromatic heterocycles. The number of benzene rings is 2. The van der Waals surface area contributed by atoms with Crippen molar-refractivity contribution in [3.63, 3.8) is 0 Å². The van der Waals surface area contributed by atoms with Gasteiger partial charge in [-0.3, -0.25) is 4.79 Å². The number of carbonyl (C=O) groups excluding carboxylic acids is 1. The summed E-state index contributed by atoms with van der Waals surface area (Å²) in [6.45, 7) is 4.16. The maximum Gasteiger partial charge on any atom is 0.275 e. The van der Waals surface area contributed by atoms with Crippen molar-refractivity contribution in [2.75, 3.05) is 17.3 Å². The van der Waals surface area contributed by atoms with Crippen LogP contribution in [0.3, 0.4) is 0 Å². The topological polar surface area (TPSA) is 58.1 Å². The molecule has 3 rings (SSSR count). The van der Waals surface area contributed by atoms with Gasteiger partial charge in [-0.15, -0.1) is 0 Å². The highest BCUT2D eigenvalue weighted by atomic mass is 16.1. The van der Waals surface area contributed by atoms with Crippen molar-refractivity contribution in [2.24, 2.45) is 0 Å². The van der Waals surface area contributed by atoms with Crippen molar-refractivity contribution >= 4 is 23.1 Å². The molecule has 0 saturated heterocycles. The van der Waals surface area contributed by atoms with Gasteiger partial charge in [0, 0.05) is 18.4 Å². The number of nitrogens with zero attached hydrogens (tertiary/aromatic N) is 3. The molecular weight excluding hydrogens is 336 g/mol. The summed E-state index contributed by atoms with van der Waals surface area (Å²) >= 11 is 0. The molecule has 5 nitrogen and oxygen atoms in total. The highest BCUT2D eigenvalue weighted by Gasteiger charge is 2.14. The fourth-order valence-corrected chi connectivity index (χ4v) is 2.98. The molecule has 0 radical (unpaired) electrons. The van der Waals surface area contributed by atoms with Crippen molar-refractivity contribution in [1.82, 2.24) is 9.97 Å². The number of nitrogens with one attached hydrogen (secondary N) is 1. The molecular formula is C22H24N4O. The van der Waals surface area contributed by atoms with E-state index in [-0.39, 0.29) is 5.91 Å². The van der Waals surface area contributed by atoms with Gasteiger partial charge in [0.05, 0.1) is 12.4 Å². The van der Waals surface area contributed by atoms with Crippen molar-refractivity contribution in [1.29, 1.82) is 0 Å². The van der Waals surface area contributed by atoms with Crippen molar-refractivity contribution in [3.8, 4) is 0 Å². The Labute approximate surface area is 160 Å². The minimum Gasteiger partial charge on any atom is -0.328 e. The van der Waals surface area contributed by atoms with Gasteiger partial charge in [-0.1, -0.05) is 50.2 Å². The molecule has 0 saturated carbocycles. The summed E-state index contributed by atoms with van der Waals surface area (Å²) in [5, 5.41) is 3.02. The molecule has 0 spiro atoms. The molecule has 5 heteroatoms. The van der Waals surface area contributed by atoms with Gasteiger partial charge in [0.1, 0.15) is 5.69 Å². The van der Waals surface area contributed by atoms with E-state index in [1.54, 1.807) is 6.20 Å². The van der Waals surface area contributed by atoms with Gasteiger partial charge in [0.15, 0.2) is 5.82 Å². The van der Waals surface area contributed by atoms with Crippen molar-refractivity contribution in [3.05, 3.63) is 77.7 Å². The SMILES string of the molecule is CCc1cccc(CC)c1NC(=O)c1cnc(N(C)c2ccccc2)cn1. The zero-order valence-corrected chi connectivity index (χ0v) is 15.9. The second-order valence-corrected chi connectivity index (χ2v) is 6.27. The van der Waals surface area contributed by atoms with E-state index in [4.69, 9.17) is 0 Å². The van der Waals surface area contributed by atoms with Gasteiger partial charge < -0.3 is 10.2 Å². The van der Waals surface area contributed by atoms with Crippen LogP contribution < -0.4 is 10.2 Å². The Bertz CT molecular complexity index is 885. The molecule has 0 atom stereocenters. The van der Waals surface area contributed by atoms with E-state index in [0.717, 1.165) is 35.3 Å². The maximum atomic E-state index is 12.7. The number of anilines is 3. The van der Waals surface area contributed by atoms with E-state index in [1.165, 1.54) is 6.20 Å². The van der Waals surface area contributed by atoms with Crippen LogP contribution in [0.4, 0.5) is 17.2 Å². The molecule has 0 fully saturated rings. The number of aryl methyl sites for hydroxylation is 2. The van der Waals surface area contributed by atoms with Crippen LogP contribution in [0.1, 0.15) is 35.5 Å². The summed E-state index contributed by atoms with van der Waals surface area (Å²) in [6, 6.07) is 16.0. The molecule has 0 aliphatic heterocycles. The van der Waals surface area contributed by atoms with E-state index >= 15 is 0 Å². The monoisotopic (exact) mass is 360 g/mol. The first-order valence-electron chi connectivity index (χ1n) is 9.17. The van der Waals surface area contributed by atoms with E-state index in [1.807, 2.05) is 60.5 Å². The molecule has 0 aliphatic rings. The Morgan fingerprint density at radius 1 is 0.926 bits per heavy atom.